The molecule has 1 unspecified atom stereocenters. The molecular weight excluding hydrogens is 364 g/mol. The van der Waals surface area contributed by atoms with Crippen LogP contribution in [0.5, 0.6) is 0 Å². The second-order valence-corrected chi connectivity index (χ2v) is 8.37. The van der Waals surface area contributed by atoms with Crippen LogP contribution < -0.4 is 5.32 Å². The molecule has 2 aromatic carbocycles. The van der Waals surface area contributed by atoms with Gasteiger partial charge in [0.05, 0.1) is 5.25 Å². The molecular formula is C19H20N4OS2. The Labute approximate surface area is 161 Å². The number of rotatable bonds is 7. The van der Waals surface area contributed by atoms with E-state index in [1.54, 1.807) is 4.90 Å². The van der Waals surface area contributed by atoms with Gasteiger partial charge in [0.1, 0.15) is 0 Å². The lowest BCUT2D eigenvalue weighted by molar-refractivity contribution is -0.129. The van der Waals surface area contributed by atoms with Crippen molar-refractivity contribution >= 4 is 39.8 Å². The summed E-state index contributed by atoms with van der Waals surface area (Å²) in [6, 6.07) is 19.8. The first-order valence-electron chi connectivity index (χ1n) is 8.23. The molecule has 0 fully saturated rings. The smallest absolute Gasteiger partial charge is 0.235 e. The molecule has 26 heavy (non-hydrogen) atoms. The van der Waals surface area contributed by atoms with Gasteiger partial charge in [-0.3, -0.25) is 4.79 Å². The Morgan fingerprint density at radius 2 is 1.77 bits per heavy atom. The van der Waals surface area contributed by atoms with E-state index in [-0.39, 0.29) is 11.2 Å². The third kappa shape index (κ3) is 5.06. The first-order valence-corrected chi connectivity index (χ1v) is 9.92. The van der Waals surface area contributed by atoms with E-state index >= 15 is 0 Å². The van der Waals surface area contributed by atoms with E-state index in [1.165, 1.54) is 23.1 Å². The predicted octanol–water partition coefficient (Wildman–Crippen LogP) is 4.42. The molecule has 0 aliphatic carbocycles. The van der Waals surface area contributed by atoms with Crippen molar-refractivity contribution in [2.45, 2.75) is 23.1 Å². The highest BCUT2D eigenvalue weighted by Crippen LogP contribution is 2.31. The van der Waals surface area contributed by atoms with Crippen LogP contribution in [0.2, 0.25) is 0 Å². The van der Waals surface area contributed by atoms with Gasteiger partial charge in [-0.2, -0.15) is 0 Å². The van der Waals surface area contributed by atoms with E-state index in [0.29, 0.717) is 6.54 Å². The minimum Gasteiger partial charge on any atom is -0.340 e. The minimum absolute atomic E-state index is 0.0756. The Morgan fingerprint density at radius 1 is 1.12 bits per heavy atom. The van der Waals surface area contributed by atoms with Crippen molar-refractivity contribution in [3.8, 4) is 0 Å². The predicted molar refractivity (Wildman–Crippen MR) is 108 cm³/mol. The number of hydrogen-bond acceptors (Lipinski definition) is 6. The third-order valence-electron chi connectivity index (χ3n) is 3.70. The maximum absolute atomic E-state index is 12.6. The zero-order chi connectivity index (χ0) is 18.4. The topological polar surface area (TPSA) is 58.1 Å². The number of thioether (sulfide) groups is 1. The summed E-state index contributed by atoms with van der Waals surface area (Å²) in [5.74, 6) is 0.0756. The summed E-state index contributed by atoms with van der Waals surface area (Å²) in [5, 5.41) is 12.0. The molecule has 134 valence electrons. The van der Waals surface area contributed by atoms with Gasteiger partial charge in [0.15, 0.2) is 4.34 Å². The number of benzene rings is 2. The molecule has 1 amide bonds. The Morgan fingerprint density at radius 3 is 2.46 bits per heavy atom. The second-order valence-electron chi connectivity index (χ2n) is 5.80. The van der Waals surface area contributed by atoms with Crippen LogP contribution in [-0.2, 0) is 11.3 Å². The summed E-state index contributed by atoms with van der Waals surface area (Å²) in [6.07, 6.45) is 0. The molecule has 1 aromatic heterocycles. The number of nitrogens with zero attached hydrogens (tertiary/aromatic N) is 3. The number of amides is 1. The summed E-state index contributed by atoms with van der Waals surface area (Å²) < 4.78 is 0.775. The molecule has 5 nitrogen and oxygen atoms in total. The summed E-state index contributed by atoms with van der Waals surface area (Å²) >= 11 is 2.88. The molecule has 1 N–H and O–H groups in total. The standard InChI is InChI=1S/C19H20N4OS2/c1-14(17(24)23(2)13-15-9-5-3-6-10-15)25-19-22-21-18(26-19)20-16-11-7-4-8-12-16/h3-12,14H,13H2,1-2H3,(H,20,21). The number of para-hydroxylation sites is 1. The van der Waals surface area contributed by atoms with Crippen molar-refractivity contribution in [3.05, 3.63) is 66.2 Å². The monoisotopic (exact) mass is 384 g/mol. The summed E-state index contributed by atoms with van der Waals surface area (Å²) in [7, 11) is 1.83. The zero-order valence-electron chi connectivity index (χ0n) is 14.6. The molecule has 1 heterocycles. The van der Waals surface area contributed by atoms with E-state index in [2.05, 4.69) is 15.5 Å². The van der Waals surface area contributed by atoms with Crippen LogP contribution in [-0.4, -0.2) is 33.3 Å². The lowest BCUT2D eigenvalue weighted by Gasteiger charge is -2.20. The Bertz CT molecular complexity index is 839. The van der Waals surface area contributed by atoms with E-state index in [1.807, 2.05) is 74.6 Å². The van der Waals surface area contributed by atoms with Crippen molar-refractivity contribution < 1.29 is 4.79 Å². The van der Waals surface area contributed by atoms with Crippen LogP contribution in [0.4, 0.5) is 10.8 Å². The Kier molecular flexibility index (Phi) is 6.25. The Hall–Kier alpha value is -2.38. The van der Waals surface area contributed by atoms with Crippen molar-refractivity contribution in [1.29, 1.82) is 0 Å². The molecule has 3 rings (SSSR count). The van der Waals surface area contributed by atoms with Gasteiger partial charge < -0.3 is 10.2 Å². The summed E-state index contributed by atoms with van der Waals surface area (Å²) in [5.41, 5.74) is 2.08. The normalized spacial score (nSPS) is 11.8. The quantitative estimate of drug-likeness (QED) is 0.611. The fourth-order valence-corrected chi connectivity index (χ4v) is 4.43. The van der Waals surface area contributed by atoms with Gasteiger partial charge in [0, 0.05) is 19.3 Å². The molecule has 0 saturated carbocycles. The molecule has 7 heteroatoms. The fourth-order valence-electron chi connectivity index (χ4n) is 2.40. The average Bonchev–Trinajstić information content (AvgIpc) is 3.09. The average molecular weight is 385 g/mol. The highest BCUT2D eigenvalue weighted by atomic mass is 32.2. The maximum atomic E-state index is 12.6. The van der Waals surface area contributed by atoms with Crippen molar-refractivity contribution in [3.63, 3.8) is 0 Å². The van der Waals surface area contributed by atoms with E-state index < -0.39 is 0 Å². The van der Waals surface area contributed by atoms with Crippen LogP contribution in [0.3, 0.4) is 0 Å². The number of anilines is 2. The van der Waals surface area contributed by atoms with E-state index in [9.17, 15) is 4.79 Å². The van der Waals surface area contributed by atoms with Crippen molar-refractivity contribution in [1.82, 2.24) is 15.1 Å². The fraction of sp³-hybridized carbons (Fsp3) is 0.211. The molecule has 0 radical (unpaired) electrons. The van der Waals surface area contributed by atoms with Crippen molar-refractivity contribution in [2.75, 3.05) is 12.4 Å². The minimum atomic E-state index is -0.221. The van der Waals surface area contributed by atoms with Crippen LogP contribution >= 0.6 is 23.1 Å². The molecule has 0 bridgehead atoms. The summed E-state index contributed by atoms with van der Waals surface area (Å²) in [4.78, 5) is 14.3. The zero-order valence-corrected chi connectivity index (χ0v) is 16.3. The van der Waals surface area contributed by atoms with Gasteiger partial charge in [-0.25, -0.2) is 0 Å². The number of nitrogens with one attached hydrogen (secondary N) is 1. The van der Waals surface area contributed by atoms with Crippen molar-refractivity contribution in [2.24, 2.45) is 0 Å². The highest BCUT2D eigenvalue weighted by molar-refractivity contribution is 8.02. The van der Waals surface area contributed by atoms with E-state index in [0.717, 1.165) is 20.7 Å². The molecule has 3 aromatic rings. The molecule has 0 aliphatic heterocycles. The lowest BCUT2D eigenvalue weighted by Crippen LogP contribution is -2.32. The third-order valence-corrected chi connectivity index (χ3v) is 5.71. The van der Waals surface area contributed by atoms with E-state index in [4.69, 9.17) is 0 Å². The summed E-state index contributed by atoms with van der Waals surface area (Å²) in [6.45, 7) is 2.50. The SMILES string of the molecule is CC(Sc1nnc(Nc2ccccc2)s1)C(=O)N(C)Cc1ccccc1. The molecule has 0 saturated heterocycles. The highest BCUT2D eigenvalue weighted by Gasteiger charge is 2.20. The number of hydrogen-bond donors (Lipinski definition) is 1. The lowest BCUT2D eigenvalue weighted by atomic mass is 10.2. The van der Waals surface area contributed by atoms with Gasteiger partial charge in [-0.1, -0.05) is 71.6 Å². The van der Waals surface area contributed by atoms with Crippen LogP contribution in [0.1, 0.15) is 12.5 Å². The van der Waals surface area contributed by atoms with Gasteiger partial charge >= 0.3 is 0 Å². The van der Waals surface area contributed by atoms with Gasteiger partial charge in [0.25, 0.3) is 0 Å². The molecule has 1 atom stereocenters. The van der Waals surface area contributed by atoms with Gasteiger partial charge in [-0.05, 0) is 24.6 Å². The number of carbonyl (C=O) groups is 1. The number of carbonyl (C=O) groups excluding carboxylic acids is 1. The maximum Gasteiger partial charge on any atom is 0.235 e. The van der Waals surface area contributed by atoms with Crippen LogP contribution in [0.25, 0.3) is 0 Å². The van der Waals surface area contributed by atoms with Gasteiger partial charge in [0.2, 0.25) is 11.0 Å². The molecule has 0 aliphatic rings. The number of aromatic nitrogens is 2. The molecule has 0 spiro atoms. The Balaban J connectivity index is 1.55. The van der Waals surface area contributed by atoms with Crippen LogP contribution in [0.15, 0.2) is 65.0 Å². The van der Waals surface area contributed by atoms with Gasteiger partial charge in [-0.15, -0.1) is 10.2 Å². The largest absolute Gasteiger partial charge is 0.340 e. The first kappa shape index (κ1) is 18.4. The first-order chi connectivity index (χ1) is 12.6. The second kappa shape index (κ2) is 8.82. The van der Waals surface area contributed by atoms with Crippen LogP contribution in [0, 0.1) is 0 Å².